The highest BCUT2D eigenvalue weighted by Crippen LogP contribution is 2.14. The molecule has 2 aromatic rings. The number of amides is 1. The maximum Gasteiger partial charge on any atom is 0.255 e. The molecule has 4 nitrogen and oxygen atoms in total. The van der Waals surface area contributed by atoms with Crippen molar-refractivity contribution >= 4 is 23.1 Å². The first-order valence-electron chi connectivity index (χ1n) is 6.26. The van der Waals surface area contributed by atoms with Gasteiger partial charge in [0.15, 0.2) is 0 Å². The summed E-state index contributed by atoms with van der Waals surface area (Å²) < 4.78 is 13.2. The summed E-state index contributed by atoms with van der Waals surface area (Å²) in [5, 5.41) is 7.64. The van der Waals surface area contributed by atoms with E-state index in [1.54, 1.807) is 18.4 Å². The fraction of sp³-hybridized carbons (Fsp3) is 0.286. The van der Waals surface area contributed by atoms with Crippen molar-refractivity contribution < 1.29 is 9.18 Å². The zero-order chi connectivity index (χ0) is 14.5. The number of nitrogens with zero attached hydrogens (tertiary/aromatic N) is 1. The molecule has 20 heavy (non-hydrogen) atoms. The molecule has 0 radical (unpaired) electrons. The molecule has 0 aliphatic rings. The van der Waals surface area contributed by atoms with E-state index < -0.39 is 5.82 Å². The van der Waals surface area contributed by atoms with Gasteiger partial charge in [0.2, 0.25) is 0 Å². The van der Waals surface area contributed by atoms with Gasteiger partial charge in [0.05, 0.1) is 11.8 Å². The van der Waals surface area contributed by atoms with Gasteiger partial charge < -0.3 is 10.6 Å². The van der Waals surface area contributed by atoms with E-state index >= 15 is 0 Å². The molecule has 0 saturated carbocycles. The number of halogens is 1. The smallest absolute Gasteiger partial charge is 0.255 e. The molecule has 0 aromatic carbocycles. The number of hydrogen-bond donors (Lipinski definition) is 2. The molecule has 2 aromatic heterocycles. The summed E-state index contributed by atoms with van der Waals surface area (Å²) in [5.41, 5.74) is 0.213. The lowest BCUT2D eigenvalue weighted by molar-refractivity contribution is 0.0940. The number of nitrogens with one attached hydrogen (secondary N) is 2. The van der Waals surface area contributed by atoms with Gasteiger partial charge in [-0.1, -0.05) is 6.07 Å². The molecule has 1 amide bonds. The van der Waals surface area contributed by atoms with Crippen LogP contribution >= 0.6 is 11.3 Å². The maximum absolute atomic E-state index is 13.2. The van der Waals surface area contributed by atoms with Crippen molar-refractivity contribution in [1.29, 1.82) is 0 Å². The minimum absolute atomic E-state index is 0.0332. The van der Waals surface area contributed by atoms with Crippen molar-refractivity contribution in [3.05, 3.63) is 46.0 Å². The van der Waals surface area contributed by atoms with Crippen molar-refractivity contribution in [3.8, 4) is 0 Å². The third-order valence-electron chi connectivity index (χ3n) is 2.80. The van der Waals surface area contributed by atoms with Crippen molar-refractivity contribution in [3.63, 3.8) is 0 Å². The largest absolute Gasteiger partial charge is 0.372 e. The summed E-state index contributed by atoms with van der Waals surface area (Å²) in [7, 11) is 1.64. The van der Waals surface area contributed by atoms with Crippen LogP contribution in [-0.2, 0) is 6.42 Å². The third kappa shape index (κ3) is 3.54. The zero-order valence-corrected chi connectivity index (χ0v) is 12.1. The summed E-state index contributed by atoms with van der Waals surface area (Å²) in [5.74, 6) is -0.488. The van der Waals surface area contributed by atoms with E-state index in [0.717, 1.165) is 12.6 Å². The van der Waals surface area contributed by atoms with E-state index in [9.17, 15) is 9.18 Å². The second-order valence-corrected chi connectivity index (χ2v) is 5.49. The quantitative estimate of drug-likeness (QED) is 0.891. The number of anilines is 1. The topological polar surface area (TPSA) is 54.0 Å². The Bertz CT molecular complexity index is 586. The summed E-state index contributed by atoms with van der Waals surface area (Å²) in [6, 6.07) is 5.15. The second-order valence-electron chi connectivity index (χ2n) is 4.46. The highest BCUT2D eigenvalue weighted by molar-refractivity contribution is 7.09. The van der Waals surface area contributed by atoms with E-state index in [2.05, 4.69) is 15.6 Å². The normalized spacial score (nSPS) is 11.9. The zero-order valence-electron chi connectivity index (χ0n) is 11.3. The van der Waals surface area contributed by atoms with Crippen LogP contribution in [-0.4, -0.2) is 24.0 Å². The molecule has 106 valence electrons. The van der Waals surface area contributed by atoms with E-state index in [1.807, 2.05) is 24.4 Å². The minimum atomic E-state index is -0.528. The fourth-order valence-electron chi connectivity index (χ4n) is 1.89. The molecule has 2 heterocycles. The van der Waals surface area contributed by atoms with Crippen molar-refractivity contribution in [2.75, 3.05) is 12.4 Å². The molecule has 2 N–H and O–H groups in total. The number of carbonyl (C=O) groups is 1. The molecule has 0 spiro atoms. The number of aromatic nitrogens is 1. The molecule has 0 aliphatic carbocycles. The Labute approximate surface area is 121 Å². The number of hydrogen-bond acceptors (Lipinski definition) is 4. The molecular weight excluding hydrogens is 277 g/mol. The predicted octanol–water partition coefficient (Wildman–Crippen LogP) is 2.68. The van der Waals surface area contributed by atoms with Gasteiger partial charge in [0.25, 0.3) is 5.91 Å². The third-order valence-corrected chi connectivity index (χ3v) is 3.70. The molecular formula is C14H16FN3OS. The van der Waals surface area contributed by atoms with Gasteiger partial charge in [-0.25, -0.2) is 9.37 Å². The van der Waals surface area contributed by atoms with Crippen LogP contribution in [0.4, 0.5) is 10.2 Å². The van der Waals surface area contributed by atoms with Crippen LogP contribution in [0, 0.1) is 5.82 Å². The van der Waals surface area contributed by atoms with E-state index in [1.165, 1.54) is 10.9 Å². The standard InChI is InChI=1S/C14H16FN3OS/c1-9(6-11-4-3-5-20-11)18-14(19)12-7-10(15)8-17-13(12)16-2/h3-5,7-9H,6H2,1-2H3,(H,16,17)(H,18,19). The number of thiophene rings is 1. The fourth-order valence-corrected chi connectivity index (χ4v) is 2.73. The Morgan fingerprint density at radius 1 is 1.55 bits per heavy atom. The first-order chi connectivity index (χ1) is 9.60. The monoisotopic (exact) mass is 293 g/mol. The summed E-state index contributed by atoms with van der Waals surface area (Å²) in [6.45, 7) is 1.92. The van der Waals surface area contributed by atoms with Crippen LogP contribution in [0.1, 0.15) is 22.2 Å². The van der Waals surface area contributed by atoms with Gasteiger partial charge in [-0.2, -0.15) is 0 Å². The van der Waals surface area contributed by atoms with E-state index in [0.29, 0.717) is 5.82 Å². The highest BCUT2D eigenvalue weighted by atomic mass is 32.1. The average molecular weight is 293 g/mol. The first-order valence-corrected chi connectivity index (χ1v) is 7.14. The number of rotatable bonds is 5. The Morgan fingerprint density at radius 3 is 3.00 bits per heavy atom. The van der Waals surface area contributed by atoms with Gasteiger partial charge in [-0.05, 0) is 24.4 Å². The van der Waals surface area contributed by atoms with E-state index in [4.69, 9.17) is 0 Å². The van der Waals surface area contributed by atoms with Crippen LogP contribution in [0.2, 0.25) is 0 Å². The van der Waals surface area contributed by atoms with Gasteiger partial charge in [0, 0.05) is 24.4 Å². The second kappa shape index (κ2) is 6.47. The SMILES string of the molecule is CNc1ncc(F)cc1C(=O)NC(C)Cc1cccs1. The van der Waals surface area contributed by atoms with Gasteiger partial charge in [0.1, 0.15) is 11.6 Å². The Balaban J connectivity index is 2.06. The molecule has 0 saturated heterocycles. The number of carbonyl (C=O) groups excluding carboxylic acids is 1. The Hall–Kier alpha value is -1.95. The van der Waals surface area contributed by atoms with Gasteiger partial charge >= 0.3 is 0 Å². The summed E-state index contributed by atoms with van der Waals surface area (Å²) >= 11 is 1.65. The maximum atomic E-state index is 13.2. The van der Waals surface area contributed by atoms with Crippen molar-refractivity contribution in [1.82, 2.24) is 10.3 Å². The van der Waals surface area contributed by atoms with Gasteiger partial charge in [-0.3, -0.25) is 4.79 Å². The Morgan fingerprint density at radius 2 is 2.35 bits per heavy atom. The summed E-state index contributed by atoms with van der Waals surface area (Å²) in [4.78, 5) is 17.2. The van der Waals surface area contributed by atoms with Crippen molar-refractivity contribution in [2.45, 2.75) is 19.4 Å². The van der Waals surface area contributed by atoms with Crippen LogP contribution < -0.4 is 10.6 Å². The van der Waals surface area contributed by atoms with Crippen LogP contribution in [0.5, 0.6) is 0 Å². The highest BCUT2D eigenvalue weighted by Gasteiger charge is 2.16. The molecule has 2 rings (SSSR count). The number of pyridine rings is 1. The van der Waals surface area contributed by atoms with Gasteiger partial charge in [-0.15, -0.1) is 11.3 Å². The molecule has 0 aliphatic heterocycles. The molecule has 0 bridgehead atoms. The summed E-state index contributed by atoms with van der Waals surface area (Å²) in [6.07, 6.45) is 1.83. The first kappa shape index (κ1) is 14.5. The minimum Gasteiger partial charge on any atom is -0.372 e. The van der Waals surface area contributed by atoms with Crippen LogP contribution in [0.25, 0.3) is 0 Å². The lowest BCUT2D eigenvalue weighted by atomic mass is 10.1. The van der Waals surface area contributed by atoms with Crippen LogP contribution in [0.3, 0.4) is 0 Å². The molecule has 6 heteroatoms. The lowest BCUT2D eigenvalue weighted by Gasteiger charge is -2.14. The predicted molar refractivity (Wildman–Crippen MR) is 78.7 cm³/mol. The Kier molecular flexibility index (Phi) is 4.68. The average Bonchev–Trinajstić information content (AvgIpc) is 2.91. The van der Waals surface area contributed by atoms with Crippen LogP contribution in [0.15, 0.2) is 29.8 Å². The molecule has 1 unspecified atom stereocenters. The molecule has 0 fully saturated rings. The lowest BCUT2D eigenvalue weighted by Crippen LogP contribution is -2.34. The molecule has 1 atom stereocenters. The van der Waals surface area contributed by atoms with Crippen molar-refractivity contribution in [2.24, 2.45) is 0 Å². The van der Waals surface area contributed by atoms with E-state index in [-0.39, 0.29) is 17.5 Å².